The van der Waals surface area contributed by atoms with E-state index in [9.17, 15) is 4.79 Å². The highest BCUT2D eigenvalue weighted by Crippen LogP contribution is 2.19. The van der Waals surface area contributed by atoms with Crippen molar-refractivity contribution in [1.82, 2.24) is 24.4 Å². The van der Waals surface area contributed by atoms with Gasteiger partial charge in [-0.25, -0.2) is 15.0 Å². The Labute approximate surface area is 149 Å². The molecule has 4 rings (SSSR count). The molecule has 0 aliphatic carbocycles. The highest BCUT2D eigenvalue weighted by atomic mass is 32.1. The molecule has 1 aliphatic heterocycles. The average Bonchev–Trinajstić information content (AvgIpc) is 3.33. The molecule has 1 saturated heterocycles. The molecule has 3 aromatic heterocycles. The second-order valence-corrected chi connectivity index (χ2v) is 6.88. The van der Waals surface area contributed by atoms with Crippen molar-refractivity contribution in [2.24, 2.45) is 0 Å². The number of piperazine rings is 1. The van der Waals surface area contributed by atoms with Gasteiger partial charge in [0.1, 0.15) is 24.3 Å². The summed E-state index contributed by atoms with van der Waals surface area (Å²) in [6.07, 6.45) is 6.85. The first-order valence-electron chi connectivity index (χ1n) is 8.10. The summed E-state index contributed by atoms with van der Waals surface area (Å²) in [4.78, 5) is 30.2. The molecule has 0 radical (unpaired) electrons. The molecule has 1 amide bonds. The Morgan fingerprint density at radius 2 is 1.92 bits per heavy atom. The predicted molar refractivity (Wildman–Crippen MR) is 96.3 cm³/mol. The summed E-state index contributed by atoms with van der Waals surface area (Å²) in [6, 6.07) is 3.91. The molecule has 7 nitrogen and oxygen atoms in total. The second-order valence-electron chi connectivity index (χ2n) is 5.97. The van der Waals surface area contributed by atoms with Crippen molar-refractivity contribution in [1.29, 1.82) is 0 Å². The molecular formula is C17H18N6OS. The zero-order valence-corrected chi connectivity index (χ0v) is 14.7. The molecule has 3 aromatic rings. The minimum Gasteiger partial charge on any atom is -0.353 e. The van der Waals surface area contributed by atoms with Crippen LogP contribution < -0.4 is 4.90 Å². The van der Waals surface area contributed by atoms with Crippen LogP contribution in [0.4, 0.5) is 5.82 Å². The predicted octanol–water partition coefficient (Wildman–Crippen LogP) is 1.99. The zero-order chi connectivity index (χ0) is 17.2. The number of imidazole rings is 1. The lowest BCUT2D eigenvalue weighted by Crippen LogP contribution is -2.48. The molecule has 1 fully saturated rings. The molecule has 0 aromatic carbocycles. The molecule has 0 saturated carbocycles. The number of hydrogen-bond donors (Lipinski definition) is 0. The van der Waals surface area contributed by atoms with Crippen molar-refractivity contribution in [3.8, 4) is 5.82 Å². The van der Waals surface area contributed by atoms with E-state index in [0.717, 1.165) is 35.2 Å². The van der Waals surface area contributed by atoms with Crippen molar-refractivity contribution in [2.75, 3.05) is 31.1 Å². The Balaban J connectivity index is 1.44. The molecule has 0 N–H and O–H groups in total. The number of aryl methyl sites for hydroxylation is 1. The molecule has 0 bridgehead atoms. The monoisotopic (exact) mass is 354 g/mol. The molecule has 1 aliphatic rings. The van der Waals surface area contributed by atoms with Crippen LogP contribution in [0.1, 0.15) is 15.2 Å². The first kappa shape index (κ1) is 15.8. The third kappa shape index (κ3) is 3.25. The van der Waals surface area contributed by atoms with Gasteiger partial charge in [-0.05, 0) is 23.9 Å². The van der Waals surface area contributed by atoms with Gasteiger partial charge in [0, 0.05) is 44.6 Å². The summed E-state index contributed by atoms with van der Waals surface area (Å²) in [5, 5.41) is 2.02. The van der Waals surface area contributed by atoms with E-state index in [0.29, 0.717) is 13.1 Å². The number of amides is 1. The van der Waals surface area contributed by atoms with Gasteiger partial charge >= 0.3 is 0 Å². The van der Waals surface area contributed by atoms with E-state index in [-0.39, 0.29) is 5.91 Å². The normalized spacial score (nSPS) is 14.8. The standard InChI is InChI=1S/C17H18N6OS/c1-13-8-14(25-10-13)17(24)22-6-4-21(5-7-22)15-9-16(20-11-19-15)23-3-2-18-12-23/h2-3,8-12H,4-7H2,1H3. The maximum Gasteiger partial charge on any atom is 0.264 e. The van der Waals surface area contributed by atoms with E-state index in [4.69, 9.17) is 0 Å². The van der Waals surface area contributed by atoms with Gasteiger partial charge in [-0.3, -0.25) is 9.36 Å². The number of hydrogen-bond acceptors (Lipinski definition) is 6. The van der Waals surface area contributed by atoms with Crippen molar-refractivity contribution < 1.29 is 4.79 Å². The number of rotatable bonds is 3. The summed E-state index contributed by atoms with van der Waals surface area (Å²) in [6.45, 7) is 4.92. The van der Waals surface area contributed by atoms with Crippen LogP contribution in [0.2, 0.25) is 0 Å². The van der Waals surface area contributed by atoms with Crippen LogP contribution in [-0.4, -0.2) is 56.5 Å². The minimum absolute atomic E-state index is 0.125. The number of carbonyl (C=O) groups excluding carboxylic acids is 1. The van der Waals surface area contributed by atoms with Gasteiger partial charge in [0.25, 0.3) is 5.91 Å². The second kappa shape index (κ2) is 6.64. The molecule has 0 unspecified atom stereocenters. The molecule has 25 heavy (non-hydrogen) atoms. The molecule has 4 heterocycles. The third-order valence-corrected chi connectivity index (χ3v) is 5.28. The van der Waals surface area contributed by atoms with Gasteiger partial charge in [-0.2, -0.15) is 0 Å². The Bertz CT molecular complexity index is 867. The molecular weight excluding hydrogens is 336 g/mol. The largest absolute Gasteiger partial charge is 0.353 e. The van der Waals surface area contributed by atoms with Crippen molar-refractivity contribution in [3.63, 3.8) is 0 Å². The minimum atomic E-state index is 0.125. The van der Waals surface area contributed by atoms with Gasteiger partial charge in [-0.15, -0.1) is 11.3 Å². The van der Waals surface area contributed by atoms with E-state index in [1.54, 1.807) is 18.9 Å². The number of nitrogens with zero attached hydrogens (tertiary/aromatic N) is 6. The lowest BCUT2D eigenvalue weighted by Gasteiger charge is -2.35. The summed E-state index contributed by atoms with van der Waals surface area (Å²) in [5.41, 5.74) is 1.14. The Morgan fingerprint density at radius 3 is 2.60 bits per heavy atom. The highest BCUT2D eigenvalue weighted by Gasteiger charge is 2.24. The Morgan fingerprint density at radius 1 is 1.12 bits per heavy atom. The van der Waals surface area contributed by atoms with Gasteiger partial charge in [0.15, 0.2) is 0 Å². The molecule has 0 atom stereocenters. The Hall–Kier alpha value is -2.74. The quantitative estimate of drug-likeness (QED) is 0.720. The van der Waals surface area contributed by atoms with Crippen molar-refractivity contribution in [2.45, 2.75) is 6.92 Å². The van der Waals surface area contributed by atoms with Crippen LogP contribution in [0.15, 0.2) is 42.6 Å². The van der Waals surface area contributed by atoms with Gasteiger partial charge in [0.05, 0.1) is 4.88 Å². The van der Waals surface area contributed by atoms with E-state index >= 15 is 0 Å². The molecule has 0 spiro atoms. The zero-order valence-electron chi connectivity index (χ0n) is 13.9. The van der Waals surface area contributed by atoms with E-state index in [1.807, 2.05) is 40.1 Å². The summed E-state index contributed by atoms with van der Waals surface area (Å²) >= 11 is 1.51. The van der Waals surface area contributed by atoms with Crippen LogP contribution in [-0.2, 0) is 0 Å². The lowest BCUT2D eigenvalue weighted by atomic mass is 10.2. The smallest absolute Gasteiger partial charge is 0.264 e. The van der Waals surface area contributed by atoms with Crippen LogP contribution in [0.25, 0.3) is 5.82 Å². The SMILES string of the molecule is Cc1csc(C(=O)N2CCN(c3cc(-n4ccnc4)ncn3)CC2)c1. The summed E-state index contributed by atoms with van der Waals surface area (Å²) in [7, 11) is 0. The van der Waals surface area contributed by atoms with Crippen molar-refractivity contribution >= 4 is 23.1 Å². The van der Waals surface area contributed by atoms with Gasteiger partial charge in [0.2, 0.25) is 0 Å². The first-order chi connectivity index (χ1) is 12.2. The Kier molecular flexibility index (Phi) is 4.19. The van der Waals surface area contributed by atoms with Crippen LogP contribution in [0.3, 0.4) is 0 Å². The van der Waals surface area contributed by atoms with Gasteiger partial charge in [-0.1, -0.05) is 0 Å². The fourth-order valence-electron chi connectivity index (χ4n) is 2.88. The third-order valence-electron chi connectivity index (χ3n) is 4.24. The van der Waals surface area contributed by atoms with E-state index in [2.05, 4.69) is 19.9 Å². The van der Waals surface area contributed by atoms with E-state index < -0.39 is 0 Å². The number of thiophene rings is 1. The molecule has 128 valence electrons. The van der Waals surface area contributed by atoms with Gasteiger partial charge < -0.3 is 9.80 Å². The highest BCUT2D eigenvalue weighted by molar-refractivity contribution is 7.12. The molecule has 8 heteroatoms. The number of aromatic nitrogens is 4. The summed E-state index contributed by atoms with van der Waals surface area (Å²) in [5.74, 6) is 1.78. The fourth-order valence-corrected chi connectivity index (χ4v) is 3.75. The van der Waals surface area contributed by atoms with Crippen LogP contribution in [0, 0.1) is 6.92 Å². The first-order valence-corrected chi connectivity index (χ1v) is 8.98. The number of anilines is 1. The van der Waals surface area contributed by atoms with Crippen LogP contribution in [0.5, 0.6) is 0 Å². The number of carbonyl (C=O) groups is 1. The lowest BCUT2D eigenvalue weighted by molar-refractivity contribution is 0.0751. The summed E-state index contributed by atoms with van der Waals surface area (Å²) < 4.78 is 1.85. The van der Waals surface area contributed by atoms with E-state index in [1.165, 1.54) is 11.3 Å². The van der Waals surface area contributed by atoms with Crippen LogP contribution >= 0.6 is 11.3 Å². The van der Waals surface area contributed by atoms with Crippen molar-refractivity contribution in [3.05, 3.63) is 53.0 Å². The average molecular weight is 354 g/mol. The maximum atomic E-state index is 12.5. The topological polar surface area (TPSA) is 67.2 Å². The maximum absolute atomic E-state index is 12.5. The fraction of sp³-hybridized carbons (Fsp3) is 0.294.